The molecule has 2 N–H and O–H groups in total. The van der Waals surface area contributed by atoms with Gasteiger partial charge in [0, 0.05) is 19.1 Å². The molecule has 2 aromatic heterocycles. The van der Waals surface area contributed by atoms with Crippen molar-refractivity contribution in [1.29, 1.82) is 0 Å². The Bertz CT molecular complexity index is 762. The van der Waals surface area contributed by atoms with E-state index in [1.165, 1.54) is 10.5 Å². The van der Waals surface area contributed by atoms with E-state index in [4.69, 9.17) is 10.3 Å². The number of fused-ring (bicyclic) bond motifs is 1. The molecule has 0 aromatic carbocycles. The van der Waals surface area contributed by atoms with Crippen LogP contribution in [0.1, 0.15) is 25.5 Å². The van der Waals surface area contributed by atoms with Crippen LogP contribution in [-0.2, 0) is 16.4 Å². The fourth-order valence-corrected chi connectivity index (χ4v) is 4.11. The number of pyridine rings is 1. The molecule has 1 atom stereocenters. The number of hydrogen-bond donors (Lipinski definition) is 1. The molecule has 0 amide bonds. The van der Waals surface area contributed by atoms with Crippen molar-refractivity contribution in [3.05, 3.63) is 18.0 Å². The summed E-state index contributed by atoms with van der Waals surface area (Å²) in [4.78, 5) is 4.23. The molecule has 1 fully saturated rings. The van der Waals surface area contributed by atoms with E-state index >= 15 is 0 Å². The summed E-state index contributed by atoms with van der Waals surface area (Å²) in [5.41, 5.74) is 6.95. The Balaban J connectivity index is 0.00000176. The average molecular weight is 347 g/mol. The van der Waals surface area contributed by atoms with Gasteiger partial charge in [0.05, 0.1) is 17.3 Å². The van der Waals surface area contributed by atoms with Gasteiger partial charge in [0.15, 0.2) is 0 Å². The zero-order chi connectivity index (χ0) is 15.0. The van der Waals surface area contributed by atoms with Gasteiger partial charge in [0.25, 0.3) is 5.71 Å². The van der Waals surface area contributed by atoms with Crippen LogP contribution < -0.4 is 5.73 Å². The third-order valence-corrected chi connectivity index (χ3v) is 5.60. The molecule has 22 heavy (non-hydrogen) atoms. The van der Waals surface area contributed by atoms with Crippen LogP contribution in [0.25, 0.3) is 11.1 Å². The van der Waals surface area contributed by atoms with Crippen LogP contribution >= 0.6 is 12.4 Å². The van der Waals surface area contributed by atoms with E-state index in [1.54, 1.807) is 6.07 Å². The maximum atomic E-state index is 12.7. The van der Waals surface area contributed by atoms with E-state index in [2.05, 4.69) is 10.1 Å². The number of sulfonamides is 1. The molecule has 122 valence electrons. The molecule has 0 unspecified atom stereocenters. The first kappa shape index (κ1) is 17.1. The van der Waals surface area contributed by atoms with Crippen LogP contribution in [0.15, 0.2) is 21.7 Å². The van der Waals surface area contributed by atoms with Crippen LogP contribution in [0.5, 0.6) is 0 Å². The van der Waals surface area contributed by atoms with Gasteiger partial charge in [0.2, 0.25) is 10.0 Å². The first-order valence-electron chi connectivity index (χ1n) is 7.02. The highest BCUT2D eigenvalue weighted by Gasteiger charge is 2.29. The van der Waals surface area contributed by atoms with Gasteiger partial charge in [0.1, 0.15) is 4.90 Å². The van der Waals surface area contributed by atoms with Crippen molar-refractivity contribution in [2.75, 3.05) is 13.1 Å². The molecule has 0 spiro atoms. The van der Waals surface area contributed by atoms with E-state index in [-0.39, 0.29) is 23.3 Å². The molecular formula is C13H19ClN4O3S. The molecular weight excluding hydrogens is 328 g/mol. The van der Waals surface area contributed by atoms with E-state index in [0.717, 1.165) is 12.8 Å². The lowest BCUT2D eigenvalue weighted by Crippen LogP contribution is -2.45. The van der Waals surface area contributed by atoms with Crippen LogP contribution in [0.3, 0.4) is 0 Å². The van der Waals surface area contributed by atoms with Gasteiger partial charge in [-0.1, -0.05) is 12.1 Å². The maximum absolute atomic E-state index is 12.7. The molecule has 0 bridgehead atoms. The molecule has 7 nitrogen and oxygen atoms in total. The molecule has 0 aliphatic carbocycles. The largest absolute Gasteiger partial charge is 0.336 e. The summed E-state index contributed by atoms with van der Waals surface area (Å²) in [5.74, 6) is 0. The van der Waals surface area contributed by atoms with Crippen molar-refractivity contribution in [3.63, 3.8) is 0 Å². The molecule has 3 heterocycles. The predicted octanol–water partition coefficient (Wildman–Crippen LogP) is 1.32. The summed E-state index contributed by atoms with van der Waals surface area (Å²) in [6, 6.07) is 1.49. The Hall–Kier alpha value is -1.22. The topological polar surface area (TPSA) is 102 Å². The monoisotopic (exact) mass is 346 g/mol. The van der Waals surface area contributed by atoms with Gasteiger partial charge in [-0.25, -0.2) is 13.4 Å². The molecule has 0 saturated carbocycles. The van der Waals surface area contributed by atoms with Crippen LogP contribution in [0.4, 0.5) is 0 Å². The minimum Gasteiger partial charge on any atom is -0.336 e. The van der Waals surface area contributed by atoms with Gasteiger partial charge in [-0.15, -0.1) is 12.4 Å². The normalized spacial score (nSPS) is 20.0. The van der Waals surface area contributed by atoms with Crippen molar-refractivity contribution in [2.24, 2.45) is 5.73 Å². The Kier molecular flexibility index (Phi) is 5.06. The van der Waals surface area contributed by atoms with Crippen molar-refractivity contribution < 1.29 is 12.9 Å². The number of hydrogen-bond acceptors (Lipinski definition) is 6. The molecule has 1 aliphatic rings. The van der Waals surface area contributed by atoms with Crippen molar-refractivity contribution in [2.45, 2.75) is 37.1 Å². The second kappa shape index (κ2) is 6.49. The summed E-state index contributed by atoms with van der Waals surface area (Å²) < 4.78 is 31.9. The van der Waals surface area contributed by atoms with E-state index in [9.17, 15) is 8.42 Å². The van der Waals surface area contributed by atoms with Crippen molar-refractivity contribution in [1.82, 2.24) is 14.4 Å². The Morgan fingerprint density at radius 2 is 2.27 bits per heavy atom. The summed E-state index contributed by atoms with van der Waals surface area (Å²) in [7, 11) is -3.57. The Labute approximate surface area is 135 Å². The number of aromatic nitrogens is 2. The lowest BCUT2D eigenvalue weighted by molar-refractivity contribution is 0.316. The number of rotatable bonds is 3. The first-order chi connectivity index (χ1) is 10.0. The van der Waals surface area contributed by atoms with Gasteiger partial charge in [-0.05, 0) is 25.3 Å². The van der Waals surface area contributed by atoms with Gasteiger partial charge < -0.3 is 10.3 Å². The molecule has 9 heteroatoms. The van der Waals surface area contributed by atoms with E-state index < -0.39 is 10.0 Å². The Morgan fingerprint density at radius 3 is 2.95 bits per heavy atom. The highest BCUT2D eigenvalue weighted by Crippen LogP contribution is 2.24. The average Bonchev–Trinajstić information content (AvgIpc) is 2.89. The van der Waals surface area contributed by atoms with Crippen molar-refractivity contribution >= 4 is 33.5 Å². The van der Waals surface area contributed by atoms with E-state index in [1.807, 2.05) is 6.92 Å². The van der Waals surface area contributed by atoms with Crippen LogP contribution in [0.2, 0.25) is 0 Å². The standard InChI is InChI=1S/C13H18N4O3S.ClH/c1-2-12-11-6-10(7-15-13(11)20-16-12)21(18,19)17-5-3-4-9(14)8-17;/h6-7,9H,2-5,8,14H2,1H3;1H/t9-;/m1./s1. The van der Waals surface area contributed by atoms with Crippen molar-refractivity contribution in [3.8, 4) is 0 Å². The third kappa shape index (κ3) is 2.96. The molecule has 1 aliphatic heterocycles. The number of piperidine rings is 1. The number of halogens is 1. The van der Waals surface area contributed by atoms with Crippen LogP contribution in [0, 0.1) is 0 Å². The Morgan fingerprint density at radius 1 is 1.50 bits per heavy atom. The second-order valence-corrected chi connectivity index (χ2v) is 7.21. The molecule has 2 aromatic rings. The smallest absolute Gasteiger partial charge is 0.258 e. The maximum Gasteiger partial charge on any atom is 0.258 e. The summed E-state index contributed by atoms with van der Waals surface area (Å²) in [6.45, 7) is 2.78. The van der Waals surface area contributed by atoms with Gasteiger partial charge in [-0.3, -0.25) is 0 Å². The lowest BCUT2D eigenvalue weighted by atomic mass is 10.1. The lowest BCUT2D eigenvalue weighted by Gasteiger charge is -2.29. The summed E-state index contributed by atoms with van der Waals surface area (Å²) in [5, 5.41) is 4.55. The van der Waals surface area contributed by atoms with Gasteiger partial charge in [-0.2, -0.15) is 4.31 Å². The first-order valence-corrected chi connectivity index (χ1v) is 8.46. The third-order valence-electron chi connectivity index (χ3n) is 3.77. The second-order valence-electron chi connectivity index (χ2n) is 5.27. The highest BCUT2D eigenvalue weighted by molar-refractivity contribution is 7.89. The zero-order valence-electron chi connectivity index (χ0n) is 12.2. The fraction of sp³-hybridized carbons (Fsp3) is 0.538. The minimum absolute atomic E-state index is 0. The SMILES string of the molecule is CCc1noc2ncc(S(=O)(=O)N3CCC[C@@H](N)C3)cc12.Cl. The van der Waals surface area contributed by atoms with E-state index in [0.29, 0.717) is 36.3 Å². The minimum atomic E-state index is -3.57. The number of aryl methyl sites for hydroxylation is 1. The molecule has 3 rings (SSSR count). The highest BCUT2D eigenvalue weighted by atomic mass is 35.5. The fourth-order valence-electron chi connectivity index (χ4n) is 2.60. The quantitative estimate of drug-likeness (QED) is 0.899. The number of nitrogens with two attached hydrogens (primary N) is 1. The molecule has 0 radical (unpaired) electrons. The predicted molar refractivity (Wildman–Crippen MR) is 84.4 cm³/mol. The van der Waals surface area contributed by atoms with Crippen LogP contribution in [-0.4, -0.2) is 42.0 Å². The number of nitrogens with zero attached hydrogens (tertiary/aromatic N) is 3. The summed E-state index contributed by atoms with van der Waals surface area (Å²) in [6.07, 6.45) is 3.62. The van der Waals surface area contributed by atoms with Gasteiger partial charge >= 0.3 is 0 Å². The summed E-state index contributed by atoms with van der Waals surface area (Å²) >= 11 is 0. The zero-order valence-corrected chi connectivity index (χ0v) is 13.9. The molecule has 1 saturated heterocycles.